The third-order valence-electron chi connectivity index (χ3n) is 4.69. The number of halogens is 3. The summed E-state index contributed by atoms with van der Waals surface area (Å²) in [6, 6.07) is 9.05. The molecule has 0 aliphatic carbocycles. The van der Waals surface area contributed by atoms with Gasteiger partial charge in [-0.05, 0) is 65.2 Å². The summed E-state index contributed by atoms with van der Waals surface area (Å²) in [5, 5.41) is 1.10. The highest BCUT2D eigenvalue weighted by atomic mass is 79.9. The van der Waals surface area contributed by atoms with Crippen molar-refractivity contribution in [3.05, 3.63) is 75.7 Å². The fraction of sp³-hybridized carbons (Fsp3) is 0.273. The second kappa shape index (κ2) is 9.77. The van der Waals surface area contributed by atoms with Crippen LogP contribution in [-0.4, -0.2) is 17.7 Å². The molecule has 5 nitrogen and oxygen atoms in total. The number of hydrogen-bond acceptors (Lipinski definition) is 5. The van der Waals surface area contributed by atoms with Crippen LogP contribution in [0.25, 0.3) is 6.08 Å². The van der Waals surface area contributed by atoms with E-state index in [1.807, 2.05) is 31.2 Å². The first kappa shape index (κ1) is 22.4. The molecule has 1 aromatic heterocycles. The number of rotatable bonds is 6. The van der Waals surface area contributed by atoms with Crippen molar-refractivity contribution < 1.29 is 9.47 Å². The quantitative estimate of drug-likeness (QED) is 0.450. The van der Waals surface area contributed by atoms with E-state index in [0.717, 1.165) is 33.4 Å². The first-order chi connectivity index (χ1) is 15.0. The molecule has 0 saturated heterocycles. The summed E-state index contributed by atoms with van der Waals surface area (Å²) in [7, 11) is 0. The Kier molecular flexibility index (Phi) is 7.06. The van der Waals surface area contributed by atoms with Gasteiger partial charge in [0.1, 0.15) is 6.61 Å². The minimum Gasteiger partial charge on any atom is -0.489 e. The third-order valence-corrected chi connectivity index (χ3v) is 6.91. The molecule has 0 amide bonds. The average molecular weight is 542 g/mol. The van der Waals surface area contributed by atoms with Crippen LogP contribution in [0.5, 0.6) is 11.5 Å². The van der Waals surface area contributed by atoms with E-state index in [-0.39, 0.29) is 12.2 Å². The first-order valence-electron chi connectivity index (χ1n) is 9.75. The van der Waals surface area contributed by atoms with Gasteiger partial charge in [-0.15, -0.1) is 0 Å². The monoisotopic (exact) mass is 540 g/mol. The Morgan fingerprint density at radius 2 is 2.10 bits per heavy atom. The van der Waals surface area contributed by atoms with Crippen molar-refractivity contribution >= 4 is 56.5 Å². The van der Waals surface area contributed by atoms with Crippen molar-refractivity contribution in [3.63, 3.8) is 0 Å². The Balaban J connectivity index is 1.71. The van der Waals surface area contributed by atoms with Crippen molar-refractivity contribution in [1.29, 1.82) is 0 Å². The number of ether oxygens (including phenoxy) is 2. The second-order valence-electron chi connectivity index (χ2n) is 6.87. The molecule has 0 radical (unpaired) electrons. The van der Waals surface area contributed by atoms with Gasteiger partial charge in [-0.2, -0.15) is 0 Å². The summed E-state index contributed by atoms with van der Waals surface area (Å²) in [4.78, 5) is 18.0. The van der Waals surface area contributed by atoms with E-state index in [0.29, 0.717) is 39.2 Å². The summed E-state index contributed by atoms with van der Waals surface area (Å²) in [6.07, 6.45) is 2.75. The molecule has 3 aromatic rings. The molecule has 4 rings (SSSR count). The summed E-state index contributed by atoms with van der Waals surface area (Å²) in [6.45, 7) is 4.12. The van der Waals surface area contributed by atoms with E-state index >= 15 is 0 Å². The minimum atomic E-state index is -0.0103. The van der Waals surface area contributed by atoms with E-state index in [4.69, 9.17) is 32.7 Å². The van der Waals surface area contributed by atoms with Gasteiger partial charge in [0.15, 0.2) is 16.3 Å². The van der Waals surface area contributed by atoms with Crippen LogP contribution < -0.4 is 24.4 Å². The van der Waals surface area contributed by atoms with Crippen LogP contribution in [0.1, 0.15) is 24.5 Å². The topological polar surface area (TPSA) is 52.8 Å². The largest absolute Gasteiger partial charge is 0.489 e. The molecule has 0 saturated carbocycles. The summed E-state index contributed by atoms with van der Waals surface area (Å²) in [5.74, 6) is 1.15. The normalized spacial score (nSPS) is 13.6. The van der Waals surface area contributed by atoms with Crippen molar-refractivity contribution in [2.24, 2.45) is 4.99 Å². The Morgan fingerprint density at radius 1 is 1.26 bits per heavy atom. The molecule has 2 aromatic carbocycles. The number of fused-ring (bicyclic) bond motifs is 1. The molecule has 0 bridgehead atoms. The van der Waals surface area contributed by atoms with Crippen LogP contribution in [0.2, 0.25) is 10.0 Å². The van der Waals surface area contributed by atoms with E-state index in [1.54, 1.807) is 16.7 Å². The van der Waals surface area contributed by atoms with Gasteiger partial charge in [-0.25, -0.2) is 0 Å². The lowest BCUT2D eigenvalue weighted by molar-refractivity contribution is 0.268. The standard InChI is InChI=1S/C22H19BrCl2N2O3S/c1-2-29-20-16(23)8-13(10-19-21(28)27-7-3-6-26-22(27)31-19)9-18(20)30-12-14-4-5-15(24)11-17(14)25/h4-5,8-11H,2-3,6-7,12H2,1H3/b19-10-. The van der Waals surface area contributed by atoms with Crippen LogP contribution in [0.15, 0.2) is 44.6 Å². The van der Waals surface area contributed by atoms with Crippen molar-refractivity contribution in [3.8, 4) is 11.5 Å². The van der Waals surface area contributed by atoms with E-state index < -0.39 is 0 Å². The van der Waals surface area contributed by atoms with Crippen LogP contribution in [0.4, 0.5) is 0 Å². The predicted octanol–water partition coefficient (Wildman–Crippen LogP) is 4.81. The van der Waals surface area contributed by atoms with Gasteiger partial charge in [-0.1, -0.05) is 40.6 Å². The Labute approximate surface area is 201 Å². The first-order valence-corrected chi connectivity index (χ1v) is 12.1. The number of aromatic nitrogens is 1. The van der Waals surface area contributed by atoms with E-state index in [1.165, 1.54) is 11.3 Å². The molecule has 1 aliphatic heterocycles. The maximum Gasteiger partial charge on any atom is 0.270 e. The molecule has 2 heterocycles. The smallest absolute Gasteiger partial charge is 0.270 e. The van der Waals surface area contributed by atoms with Gasteiger partial charge in [0.25, 0.3) is 5.56 Å². The summed E-state index contributed by atoms with van der Waals surface area (Å²) in [5.41, 5.74) is 1.62. The van der Waals surface area contributed by atoms with Gasteiger partial charge < -0.3 is 9.47 Å². The lowest BCUT2D eigenvalue weighted by Crippen LogP contribution is -2.33. The van der Waals surface area contributed by atoms with Crippen LogP contribution in [0.3, 0.4) is 0 Å². The highest BCUT2D eigenvalue weighted by molar-refractivity contribution is 9.10. The highest BCUT2D eigenvalue weighted by Gasteiger charge is 2.14. The zero-order chi connectivity index (χ0) is 22.0. The molecule has 0 N–H and O–H groups in total. The van der Waals surface area contributed by atoms with Crippen molar-refractivity contribution in [2.75, 3.05) is 13.2 Å². The van der Waals surface area contributed by atoms with E-state index in [9.17, 15) is 4.79 Å². The maximum absolute atomic E-state index is 12.7. The SMILES string of the molecule is CCOc1c(Br)cc(/C=c2\sc3n(c2=O)CCCN=3)cc1OCc1ccc(Cl)cc1Cl. The fourth-order valence-electron chi connectivity index (χ4n) is 3.24. The maximum atomic E-state index is 12.7. The van der Waals surface area contributed by atoms with Gasteiger partial charge >= 0.3 is 0 Å². The predicted molar refractivity (Wildman–Crippen MR) is 129 cm³/mol. The van der Waals surface area contributed by atoms with Crippen LogP contribution in [-0.2, 0) is 13.2 Å². The lowest BCUT2D eigenvalue weighted by atomic mass is 10.2. The second-order valence-corrected chi connectivity index (χ2v) is 9.58. The summed E-state index contributed by atoms with van der Waals surface area (Å²) >= 11 is 17.2. The Hall–Kier alpha value is -1.80. The zero-order valence-corrected chi connectivity index (χ0v) is 20.6. The van der Waals surface area contributed by atoms with Crippen molar-refractivity contribution in [2.45, 2.75) is 26.5 Å². The highest BCUT2D eigenvalue weighted by Crippen LogP contribution is 2.38. The van der Waals surface area contributed by atoms with Gasteiger partial charge in [0.2, 0.25) is 0 Å². The molecule has 1 aliphatic rings. The molecule has 31 heavy (non-hydrogen) atoms. The van der Waals surface area contributed by atoms with E-state index in [2.05, 4.69) is 20.9 Å². The third kappa shape index (κ3) is 5.00. The molecule has 9 heteroatoms. The van der Waals surface area contributed by atoms with Gasteiger partial charge in [0, 0.05) is 28.7 Å². The summed E-state index contributed by atoms with van der Waals surface area (Å²) < 4.78 is 15.0. The molecule has 0 spiro atoms. The fourth-order valence-corrected chi connectivity index (χ4v) is 5.30. The van der Waals surface area contributed by atoms with Crippen molar-refractivity contribution in [1.82, 2.24) is 4.57 Å². The molecular formula is C22H19BrCl2N2O3S. The number of nitrogens with zero attached hydrogens (tertiary/aromatic N) is 2. The Bertz CT molecular complexity index is 1300. The molecule has 0 fully saturated rings. The van der Waals surface area contributed by atoms with Gasteiger partial charge in [0.05, 0.1) is 15.6 Å². The average Bonchev–Trinajstić information content (AvgIpc) is 3.05. The molecule has 0 unspecified atom stereocenters. The number of thiazole rings is 1. The molecule has 0 atom stereocenters. The number of hydrogen-bond donors (Lipinski definition) is 0. The number of benzene rings is 2. The molecular weight excluding hydrogens is 523 g/mol. The van der Waals surface area contributed by atoms with Crippen LogP contribution >= 0.6 is 50.5 Å². The minimum absolute atomic E-state index is 0.0103. The lowest BCUT2D eigenvalue weighted by Gasteiger charge is -2.15. The Morgan fingerprint density at radius 3 is 2.84 bits per heavy atom. The van der Waals surface area contributed by atoms with Crippen LogP contribution in [0, 0.1) is 0 Å². The molecule has 162 valence electrons. The zero-order valence-electron chi connectivity index (χ0n) is 16.7. The van der Waals surface area contributed by atoms with Gasteiger partial charge in [-0.3, -0.25) is 14.4 Å².